The van der Waals surface area contributed by atoms with Crippen molar-refractivity contribution in [1.82, 2.24) is 16.0 Å². The van der Waals surface area contributed by atoms with Gasteiger partial charge in [-0.2, -0.15) is 0 Å². The van der Waals surface area contributed by atoms with E-state index in [-0.39, 0.29) is 35.9 Å². The van der Waals surface area contributed by atoms with Gasteiger partial charge in [0, 0.05) is 38.5 Å². The van der Waals surface area contributed by atoms with Crippen LogP contribution in [0.1, 0.15) is 39.4 Å². The summed E-state index contributed by atoms with van der Waals surface area (Å²) in [7, 11) is 0. The minimum absolute atomic E-state index is 0. The van der Waals surface area contributed by atoms with Crippen LogP contribution in [0.5, 0.6) is 0 Å². The number of halogens is 1. The van der Waals surface area contributed by atoms with Crippen LogP contribution in [0.15, 0.2) is 27.8 Å². The molecule has 0 bridgehead atoms. The van der Waals surface area contributed by atoms with E-state index in [9.17, 15) is 4.79 Å². The zero-order chi connectivity index (χ0) is 16.2. The summed E-state index contributed by atoms with van der Waals surface area (Å²) in [5.41, 5.74) is 0. The van der Waals surface area contributed by atoms with Crippen LogP contribution in [0.2, 0.25) is 0 Å². The predicted octanol–water partition coefficient (Wildman–Crippen LogP) is 2.30. The molecule has 6 nitrogen and oxygen atoms in total. The summed E-state index contributed by atoms with van der Waals surface area (Å²) in [6.07, 6.45) is 3.81. The zero-order valence-electron chi connectivity index (χ0n) is 14.2. The number of rotatable bonds is 9. The normalized spacial score (nSPS) is 12.2. The van der Waals surface area contributed by atoms with Gasteiger partial charge in [0.1, 0.15) is 5.76 Å². The highest BCUT2D eigenvalue weighted by atomic mass is 127. The summed E-state index contributed by atoms with van der Waals surface area (Å²) in [6, 6.07) is 4.04. The van der Waals surface area contributed by atoms with E-state index >= 15 is 0 Å². The smallest absolute Gasteiger partial charge is 0.221 e. The summed E-state index contributed by atoms with van der Waals surface area (Å²) >= 11 is 0. The van der Waals surface area contributed by atoms with E-state index in [1.807, 2.05) is 26.0 Å². The summed E-state index contributed by atoms with van der Waals surface area (Å²) in [5.74, 6) is 1.71. The fourth-order valence-corrected chi connectivity index (χ4v) is 1.82. The van der Waals surface area contributed by atoms with Crippen molar-refractivity contribution in [3.8, 4) is 0 Å². The van der Waals surface area contributed by atoms with Gasteiger partial charge < -0.3 is 20.4 Å². The van der Waals surface area contributed by atoms with E-state index in [2.05, 4.69) is 27.9 Å². The standard InChI is InChI=1S/C16H28N4O2.HI/c1-4-13(3)20-15(21)9-11-19-16(17-5-2)18-10-8-14-7-6-12-22-14;/h6-7,12-13H,4-5,8-11H2,1-3H3,(H,20,21)(H2,17,18,19);1H. The van der Waals surface area contributed by atoms with E-state index in [0.717, 1.165) is 31.1 Å². The van der Waals surface area contributed by atoms with Crippen LogP contribution in [-0.2, 0) is 11.2 Å². The number of guanidine groups is 1. The molecular formula is C16H29IN4O2. The quantitative estimate of drug-likeness (QED) is 0.316. The second kappa shape index (κ2) is 13.2. The van der Waals surface area contributed by atoms with Gasteiger partial charge in [0.25, 0.3) is 0 Å². The van der Waals surface area contributed by atoms with Crippen LogP contribution in [0.4, 0.5) is 0 Å². The van der Waals surface area contributed by atoms with Crippen LogP contribution in [-0.4, -0.2) is 37.5 Å². The zero-order valence-corrected chi connectivity index (χ0v) is 16.6. The van der Waals surface area contributed by atoms with Crippen molar-refractivity contribution in [2.45, 2.75) is 46.1 Å². The fourth-order valence-electron chi connectivity index (χ4n) is 1.82. The minimum atomic E-state index is 0. The molecule has 0 spiro atoms. The Morgan fingerprint density at radius 2 is 2.13 bits per heavy atom. The predicted molar refractivity (Wildman–Crippen MR) is 104 cm³/mol. The first kappa shape index (κ1) is 21.8. The second-order valence-electron chi connectivity index (χ2n) is 5.14. The van der Waals surface area contributed by atoms with E-state index in [0.29, 0.717) is 19.5 Å². The molecule has 0 aliphatic heterocycles. The van der Waals surface area contributed by atoms with Gasteiger partial charge >= 0.3 is 0 Å². The van der Waals surface area contributed by atoms with Gasteiger partial charge in [0.2, 0.25) is 5.91 Å². The lowest BCUT2D eigenvalue weighted by Gasteiger charge is -2.13. The molecule has 3 N–H and O–H groups in total. The summed E-state index contributed by atoms with van der Waals surface area (Å²) in [5, 5.41) is 9.28. The second-order valence-corrected chi connectivity index (χ2v) is 5.14. The van der Waals surface area contributed by atoms with Crippen molar-refractivity contribution in [3.63, 3.8) is 0 Å². The number of aliphatic imine (C=N–C) groups is 1. The molecule has 0 aromatic carbocycles. The van der Waals surface area contributed by atoms with Crippen LogP contribution in [0.3, 0.4) is 0 Å². The number of nitrogens with zero attached hydrogens (tertiary/aromatic N) is 1. The molecule has 0 aliphatic rings. The number of hydrogen-bond donors (Lipinski definition) is 3. The Morgan fingerprint density at radius 3 is 2.74 bits per heavy atom. The highest BCUT2D eigenvalue weighted by Crippen LogP contribution is 2.00. The maximum atomic E-state index is 11.7. The average Bonchev–Trinajstić information content (AvgIpc) is 3.00. The molecule has 23 heavy (non-hydrogen) atoms. The lowest BCUT2D eigenvalue weighted by molar-refractivity contribution is -0.121. The number of carbonyl (C=O) groups is 1. The molecule has 1 amide bonds. The van der Waals surface area contributed by atoms with Gasteiger partial charge in [-0.05, 0) is 32.4 Å². The molecule has 1 aromatic heterocycles. The van der Waals surface area contributed by atoms with Crippen LogP contribution >= 0.6 is 24.0 Å². The van der Waals surface area contributed by atoms with E-state index in [1.54, 1.807) is 6.26 Å². The maximum absolute atomic E-state index is 11.7. The lowest BCUT2D eigenvalue weighted by atomic mass is 10.2. The number of nitrogens with one attached hydrogen (secondary N) is 3. The van der Waals surface area contributed by atoms with Crippen LogP contribution < -0.4 is 16.0 Å². The first-order valence-electron chi connectivity index (χ1n) is 7.99. The minimum Gasteiger partial charge on any atom is -0.469 e. The van der Waals surface area contributed by atoms with Gasteiger partial charge in [-0.25, -0.2) is 0 Å². The van der Waals surface area contributed by atoms with Crippen molar-refractivity contribution in [1.29, 1.82) is 0 Å². The maximum Gasteiger partial charge on any atom is 0.221 e. The third kappa shape index (κ3) is 10.2. The lowest BCUT2D eigenvalue weighted by Crippen LogP contribution is -2.40. The Balaban J connectivity index is 0.00000484. The average molecular weight is 436 g/mol. The van der Waals surface area contributed by atoms with Crippen molar-refractivity contribution >= 4 is 35.8 Å². The SMILES string of the molecule is CCNC(=NCCc1ccco1)NCCC(=O)NC(C)CC.I. The number of carbonyl (C=O) groups excluding carboxylic acids is 1. The van der Waals surface area contributed by atoms with Crippen LogP contribution in [0, 0.1) is 0 Å². The molecule has 1 aromatic rings. The van der Waals surface area contributed by atoms with E-state index in [1.165, 1.54) is 0 Å². The largest absolute Gasteiger partial charge is 0.469 e. The van der Waals surface area contributed by atoms with E-state index < -0.39 is 0 Å². The Bertz CT molecular complexity index is 449. The highest BCUT2D eigenvalue weighted by Gasteiger charge is 2.05. The third-order valence-corrected chi connectivity index (χ3v) is 3.22. The topological polar surface area (TPSA) is 78.7 Å². The molecule has 1 atom stereocenters. The van der Waals surface area contributed by atoms with Gasteiger partial charge in [-0.15, -0.1) is 24.0 Å². The van der Waals surface area contributed by atoms with Gasteiger partial charge in [-0.1, -0.05) is 6.92 Å². The van der Waals surface area contributed by atoms with E-state index in [4.69, 9.17) is 4.42 Å². The van der Waals surface area contributed by atoms with Gasteiger partial charge in [-0.3, -0.25) is 9.79 Å². The molecule has 132 valence electrons. The van der Waals surface area contributed by atoms with Crippen LogP contribution in [0.25, 0.3) is 0 Å². The third-order valence-electron chi connectivity index (χ3n) is 3.22. The molecule has 1 heterocycles. The molecule has 7 heteroatoms. The highest BCUT2D eigenvalue weighted by molar-refractivity contribution is 14.0. The molecule has 1 rings (SSSR count). The molecule has 0 aliphatic carbocycles. The molecule has 0 saturated carbocycles. The molecule has 1 unspecified atom stereocenters. The number of amides is 1. The van der Waals surface area contributed by atoms with Gasteiger partial charge in [0.05, 0.1) is 6.26 Å². The summed E-state index contributed by atoms with van der Waals surface area (Å²) in [4.78, 5) is 16.2. The first-order chi connectivity index (χ1) is 10.7. The van der Waals surface area contributed by atoms with Crippen molar-refractivity contribution in [2.24, 2.45) is 4.99 Å². The monoisotopic (exact) mass is 436 g/mol. The Labute approximate surface area is 155 Å². The van der Waals surface area contributed by atoms with Crippen molar-refractivity contribution in [2.75, 3.05) is 19.6 Å². The fraction of sp³-hybridized carbons (Fsp3) is 0.625. The summed E-state index contributed by atoms with van der Waals surface area (Å²) in [6.45, 7) is 8.06. The molecule has 0 fully saturated rings. The Morgan fingerprint density at radius 1 is 1.35 bits per heavy atom. The van der Waals surface area contributed by atoms with Crippen molar-refractivity contribution in [3.05, 3.63) is 24.2 Å². The number of hydrogen-bond acceptors (Lipinski definition) is 3. The van der Waals surface area contributed by atoms with Gasteiger partial charge in [0.15, 0.2) is 5.96 Å². The molecule has 0 radical (unpaired) electrons. The first-order valence-corrected chi connectivity index (χ1v) is 7.99. The Hall–Kier alpha value is -1.25. The summed E-state index contributed by atoms with van der Waals surface area (Å²) < 4.78 is 5.27. The molecular weight excluding hydrogens is 407 g/mol. The van der Waals surface area contributed by atoms with Crippen molar-refractivity contribution < 1.29 is 9.21 Å². The molecule has 0 saturated heterocycles. The Kier molecular flexibility index (Phi) is 12.5. The number of furan rings is 1.